The van der Waals surface area contributed by atoms with E-state index in [-0.39, 0.29) is 10.8 Å². The molecule has 29 heavy (non-hydrogen) atoms. The van der Waals surface area contributed by atoms with Gasteiger partial charge in [0.25, 0.3) is 5.91 Å². The monoisotopic (exact) mass is 417 g/mol. The van der Waals surface area contributed by atoms with E-state index in [2.05, 4.69) is 10.2 Å². The van der Waals surface area contributed by atoms with Crippen molar-refractivity contribution in [3.63, 3.8) is 0 Å². The van der Waals surface area contributed by atoms with Gasteiger partial charge < -0.3 is 15.0 Å². The van der Waals surface area contributed by atoms with Crippen molar-refractivity contribution in [2.45, 2.75) is 18.7 Å². The summed E-state index contributed by atoms with van der Waals surface area (Å²) in [4.78, 5) is 14.5. The third-order valence-corrected chi connectivity index (χ3v) is 6.99. The minimum absolute atomic E-state index is 0.148. The second-order valence-electron chi connectivity index (χ2n) is 6.90. The molecule has 2 aromatic rings. The Bertz CT molecular complexity index is 983. The summed E-state index contributed by atoms with van der Waals surface area (Å²) in [6, 6.07) is 12.4. The number of nitrogens with one attached hydrogen (secondary N) is 1. The Morgan fingerprint density at radius 3 is 2.45 bits per heavy atom. The number of carbonyl (C=O) groups excluding carboxylic acids is 1. The van der Waals surface area contributed by atoms with Crippen LogP contribution in [0, 0.1) is 6.92 Å². The van der Waals surface area contributed by atoms with Gasteiger partial charge in [-0.3, -0.25) is 4.79 Å². The Labute approximate surface area is 172 Å². The van der Waals surface area contributed by atoms with E-state index in [1.54, 1.807) is 26.2 Å². The fourth-order valence-electron chi connectivity index (χ4n) is 3.47. The van der Waals surface area contributed by atoms with Crippen LogP contribution in [0.2, 0.25) is 0 Å². The summed E-state index contributed by atoms with van der Waals surface area (Å²) in [6.45, 7) is 5.97. The lowest BCUT2D eigenvalue weighted by atomic mass is 10.1. The van der Waals surface area contributed by atoms with Crippen LogP contribution in [0.4, 0.5) is 5.69 Å². The Morgan fingerprint density at radius 1 is 1.10 bits per heavy atom. The van der Waals surface area contributed by atoms with E-state index in [1.807, 2.05) is 31.2 Å². The van der Waals surface area contributed by atoms with Crippen LogP contribution in [-0.4, -0.2) is 58.5 Å². The van der Waals surface area contributed by atoms with E-state index >= 15 is 0 Å². The van der Waals surface area contributed by atoms with Crippen LogP contribution in [0.25, 0.3) is 0 Å². The lowest BCUT2D eigenvalue weighted by Gasteiger charge is -2.36. The molecule has 1 saturated heterocycles. The first-order valence-corrected chi connectivity index (χ1v) is 11.1. The standard InChI is InChI=1S/C21H27N3O4S/c1-4-22-21(25)18-15-17(10-9-16(18)2)29(26,27)24-13-11-23(12-14-24)19-7-5-6-8-20(19)28-3/h5-10,15H,4,11-14H2,1-3H3,(H,22,25). The summed E-state index contributed by atoms with van der Waals surface area (Å²) >= 11 is 0. The maximum Gasteiger partial charge on any atom is 0.251 e. The molecule has 3 rings (SSSR count). The molecule has 0 aliphatic carbocycles. The SMILES string of the molecule is CCNC(=O)c1cc(S(=O)(=O)N2CCN(c3ccccc3OC)CC2)ccc1C. The number of sulfonamides is 1. The molecule has 0 bridgehead atoms. The maximum atomic E-state index is 13.1. The molecular weight excluding hydrogens is 390 g/mol. The minimum atomic E-state index is -3.68. The van der Waals surface area contributed by atoms with Gasteiger partial charge in [-0.05, 0) is 43.7 Å². The van der Waals surface area contributed by atoms with E-state index in [0.29, 0.717) is 38.3 Å². The average Bonchev–Trinajstić information content (AvgIpc) is 2.74. The van der Waals surface area contributed by atoms with Crippen molar-refractivity contribution >= 4 is 21.6 Å². The van der Waals surface area contributed by atoms with Gasteiger partial charge in [0.1, 0.15) is 5.75 Å². The topological polar surface area (TPSA) is 79.0 Å². The number of nitrogens with zero attached hydrogens (tertiary/aromatic N) is 2. The summed E-state index contributed by atoms with van der Waals surface area (Å²) in [5.41, 5.74) is 2.09. The highest BCUT2D eigenvalue weighted by atomic mass is 32.2. The number of benzene rings is 2. The first-order chi connectivity index (χ1) is 13.9. The van der Waals surface area contributed by atoms with Gasteiger partial charge >= 0.3 is 0 Å². The van der Waals surface area contributed by atoms with Crippen LogP contribution < -0.4 is 15.0 Å². The van der Waals surface area contributed by atoms with Crippen molar-refractivity contribution in [1.29, 1.82) is 0 Å². The Morgan fingerprint density at radius 2 is 1.79 bits per heavy atom. The number of methoxy groups -OCH3 is 1. The number of ether oxygens (including phenoxy) is 1. The van der Waals surface area contributed by atoms with Crippen LogP contribution >= 0.6 is 0 Å². The second-order valence-corrected chi connectivity index (χ2v) is 8.84. The average molecular weight is 418 g/mol. The molecule has 1 amide bonds. The third kappa shape index (κ3) is 4.38. The largest absolute Gasteiger partial charge is 0.495 e. The Hall–Kier alpha value is -2.58. The van der Waals surface area contributed by atoms with Crippen LogP contribution in [0.15, 0.2) is 47.4 Å². The number of piperazine rings is 1. The summed E-state index contributed by atoms with van der Waals surface area (Å²) < 4.78 is 33.2. The van der Waals surface area contributed by atoms with E-state index < -0.39 is 10.0 Å². The van der Waals surface area contributed by atoms with Crippen molar-refractivity contribution in [2.75, 3.05) is 44.7 Å². The van der Waals surface area contributed by atoms with Crippen molar-refractivity contribution in [2.24, 2.45) is 0 Å². The summed E-state index contributed by atoms with van der Waals surface area (Å²) in [7, 11) is -2.05. The molecule has 7 nitrogen and oxygen atoms in total. The molecular formula is C21H27N3O4S. The highest BCUT2D eigenvalue weighted by Crippen LogP contribution is 2.29. The number of rotatable bonds is 6. The number of carbonyl (C=O) groups is 1. The number of para-hydroxylation sites is 2. The lowest BCUT2D eigenvalue weighted by Crippen LogP contribution is -2.48. The van der Waals surface area contributed by atoms with E-state index in [0.717, 1.165) is 17.0 Å². The van der Waals surface area contributed by atoms with Crippen LogP contribution in [0.5, 0.6) is 5.75 Å². The number of anilines is 1. The van der Waals surface area contributed by atoms with Gasteiger partial charge in [-0.1, -0.05) is 18.2 Å². The zero-order chi connectivity index (χ0) is 21.0. The number of hydrogen-bond donors (Lipinski definition) is 1. The van der Waals surface area contributed by atoms with Crippen LogP contribution in [0.1, 0.15) is 22.8 Å². The fourth-order valence-corrected chi connectivity index (χ4v) is 4.92. The first kappa shape index (κ1) is 21.1. The van der Waals surface area contributed by atoms with Crippen molar-refractivity contribution in [3.05, 3.63) is 53.6 Å². The highest BCUT2D eigenvalue weighted by Gasteiger charge is 2.30. The number of hydrogen-bond acceptors (Lipinski definition) is 5. The lowest BCUT2D eigenvalue weighted by molar-refractivity contribution is 0.0955. The molecule has 1 heterocycles. The number of aryl methyl sites for hydroxylation is 1. The van der Waals surface area contributed by atoms with E-state index in [9.17, 15) is 13.2 Å². The molecule has 1 aliphatic rings. The number of amides is 1. The molecule has 1 aliphatic heterocycles. The quantitative estimate of drug-likeness (QED) is 0.780. The molecule has 8 heteroatoms. The molecule has 2 aromatic carbocycles. The van der Waals surface area contributed by atoms with Crippen LogP contribution in [0.3, 0.4) is 0 Å². The fraction of sp³-hybridized carbons (Fsp3) is 0.381. The predicted octanol–water partition coefficient (Wildman–Crippen LogP) is 2.26. The van der Waals surface area contributed by atoms with E-state index in [1.165, 1.54) is 10.4 Å². The molecule has 0 unspecified atom stereocenters. The normalized spacial score (nSPS) is 15.2. The van der Waals surface area contributed by atoms with Crippen LogP contribution in [-0.2, 0) is 10.0 Å². The predicted molar refractivity (Wildman–Crippen MR) is 113 cm³/mol. The van der Waals surface area contributed by atoms with Gasteiger partial charge in [-0.2, -0.15) is 4.31 Å². The molecule has 0 radical (unpaired) electrons. The third-order valence-electron chi connectivity index (χ3n) is 5.09. The summed E-state index contributed by atoms with van der Waals surface area (Å²) in [5.74, 6) is 0.511. The molecule has 1 fully saturated rings. The van der Waals surface area contributed by atoms with Gasteiger partial charge in [0.15, 0.2) is 0 Å². The van der Waals surface area contributed by atoms with Gasteiger partial charge in [-0.15, -0.1) is 0 Å². The zero-order valence-electron chi connectivity index (χ0n) is 17.0. The minimum Gasteiger partial charge on any atom is -0.495 e. The smallest absolute Gasteiger partial charge is 0.251 e. The van der Waals surface area contributed by atoms with Gasteiger partial charge in [0, 0.05) is 38.3 Å². The van der Waals surface area contributed by atoms with E-state index in [4.69, 9.17) is 4.74 Å². The van der Waals surface area contributed by atoms with Crippen molar-refractivity contribution in [1.82, 2.24) is 9.62 Å². The second kappa shape index (κ2) is 8.84. The van der Waals surface area contributed by atoms with Crippen molar-refractivity contribution in [3.8, 4) is 5.75 Å². The Kier molecular flexibility index (Phi) is 6.44. The molecule has 0 saturated carbocycles. The summed E-state index contributed by atoms with van der Waals surface area (Å²) in [5, 5.41) is 2.73. The van der Waals surface area contributed by atoms with Gasteiger partial charge in [0.05, 0.1) is 17.7 Å². The maximum absolute atomic E-state index is 13.1. The molecule has 1 N–H and O–H groups in total. The zero-order valence-corrected chi connectivity index (χ0v) is 17.8. The first-order valence-electron chi connectivity index (χ1n) is 9.65. The molecule has 0 atom stereocenters. The van der Waals surface area contributed by atoms with Gasteiger partial charge in [-0.25, -0.2) is 8.42 Å². The van der Waals surface area contributed by atoms with Gasteiger partial charge in [0.2, 0.25) is 10.0 Å². The highest BCUT2D eigenvalue weighted by molar-refractivity contribution is 7.89. The Balaban J connectivity index is 1.78. The van der Waals surface area contributed by atoms with Crippen molar-refractivity contribution < 1.29 is 17.9 Å². The molecule has 156 valence electrons. The molecule has 0 aromatic heterocycles. The summed E-state index contributed by atoms with van der Waals surface area (Å²) in [6.07, 6.45) is 0. The molecule has 0 spiro atoms.